The standard InChI is InChI=1S/C30H38FN5O5Si/c1-19-27(42(3,4)31)26(13-15-35-18-23(14-16-37)33-34-35)41-30(19)24-7-5-6-8-25(24)36(29(30)40)17-21-9-11-22(12-10-21)32-28(39)20(2)38/h5-12,18-20,26-27,37-38H,13-17H2,1-4H3,(H,32,39)/t19-,20+,26+,27-,30+/m1/s1. The topological polar surface area (TPSA) is 130 Å². The van der Waals surface area contributed by atoms with Crippen molar-refractivity contribution in [2.75, 3.05) is 16.8 Å². The van der Waals surface area contributed by atoms with Gasteiger partial charge in [-0.05, 0) is 50.2 Å². The molecule has 2 aromatic carbocycles. The van der Waals surface area contributed by atoms with E-state index in [0.29, 0.717) is 30.8 Å². The van der Waals surface area contributed by atoms with Crippen LogP contribution in [0.15, 0.2) is 54.7 Å². The third kappa shape index (κ3) is 5.51. The SMILES string of the molecule is C[C@H](O)C(=O)Nc1ccc(CN2C(=O)[C@@]3(O[C@@H](CCn4cc(CCO)nn4)[C@H]([Si](C)(C)F)[C@H]3C)c3ccccc32)cc1. The fraction of sp³-hybridized carbons (Fsp3) is 0.467. The van der Waals surface area contributed by atoms with Crippen LogP contribution in [0.25, 0.3) is 0 Å². The number of aromatic nitrogens is 3. The zero-order chi connectivity index (χ0) is 30.2. The highest BCUT2D eigenvalue weighted by atomic mass is 28.4. The van der Waals surface area contributed by atoms with Gasteiger partial charge in [-0.1, -0.05) is 42.5 Å². The number of aliphatic hydroxyl groups is 2. The molecule has 1 spiro atoms. The third-order valence-electron chi connectivity index (χ3n) is 8.41. The minimum Gasteiger partial charge on any atom is -0.396 e. The van der Waals surface area contributed by atoms with Crippen LogP contribution in [0.1, 0.15) is 37.1 Å². The fourth-order valence-corrected chi connectivity index (χ4v) is 9.03. The van der Waals surface area contributed by atoms with Gasteiger partial charge < -0.3 is 29.3 Å². The first-order valence-electron chi connectivity index (χ1n) is 14.3. The molecule has 0 radical (unpaired) electrons. The van der Waals surface area contributed by atoms with E-state index in [0.717, 1.165) is 16.8 Å². The van der Waals surface area contributed by atoms with Gasteiger partial charge in [-0.2, -0.15) is 0 Å². The molecule has 0 aliphatic carbocycles. The number of hydrogen-bond donors (Lipinski definition) is 3. The van der Waals surface area contributed by atoms with Crippen LogP contribution in [0.4, 0.5) is 15.5 Å². The number of rotatable bonds is 10. The van der Waals surface area contributed by atoms with E-state index in [2.05, 4.69) is 15.6 Å². The van der Waals surface area contributed by atoms with Crippen molar-refractivity contribution in [1.82, 2.24) is 15.0 Å². The number of nitrogens with zero attached hydrogens (tertiary/aromatic N) is 4. The van der Waals surface area contributed by atoms with E-state index < -0.39 is 43.6 Å². The van der Waals surface area contributed by atoms with Crippen LogP contribution >= 0.6 is 0 Å². The summed E-state index contributed by atoms with van der Waals surface area (Å²) in [6.45, 7) is 7.40. The first-order valence-corrected chi connectivity index (χ1v) is 17.3. The first-order chi connectivity index (χ1) is 20.0. The van der Waals surface area contributed by atoms with Gasteiger partial charge in [0, 0.05) is 48.5 Å². The van der Waals surface area contributed by atoms with Crippen molar-refractivity contribution in [3.05, 3.63) is 71.5 Å². The minimum atomic E-state index is -3.29. The van der Waals surface area contributed by atoms with Crippen LogP contribution < -0.4 is 10.2 Å². The molecule has 42 heavy (non-hydrogen) atoms. The largest absolute Gasteiger partial charge is 0.396 e. The summed E-state index contributed by atoms with van der Waals surface area (Å²) in [7, 11) is -3.29. The summed E-state index contributed by atoms with van der Waals surface area (Å²) in [5.41, 5.74) is 1.82. The fourth-order valence-electron chi connectivity index (χ4n) is 6.49. The summed E-state index contributed by atoms with van der Waals surface area (Å²) in [5, 5.41) is 29.5. The van der Waals surface area contributed by atoms with Crippen molar-refractivity contribution in [1.29, 1.82) is 0 Å². The second-order valence-electron chi connectivity index (χ2n) is 11.8. The summed E-state index contributed by atoms with van der Waals surface area (Å²) in [4.78, 5) is 28.0. The summed E-state index contributed by atoms with van der Waals surface area (Å²) >= 11 is 0. The molecule has 1 aromatic heterocycles. The van der Waals surface area contributed by atoms with E-state index >= 15 is 4.11 Å². The maximum Gasteiger partial charge on any atom is 0.264 e. The lowest BCUT2D eigenvalue weighted by Crippen LogP contribution is -2.45. The number of ether oxygens (including phenoxy) is 1. The van der Waals surface area contributed by atoms with Crippen molar-refractivity contribution >= 4 is 31.6 Å². The van der Waals surface area contributed by atoms with Gasteiger partial charge in [0.25, 0.3) is 11.8 Å². The number of carbonyl (C=O) groups is 2. The van der Waals surface area contributed by atoms with Gasteiger partial charge in [-0.3, -0.25) is 14.3 Å². The monoisotopic (exact) mass is 595 g/mol. The van der Waals surface area contributed by atoms with Gasteiger partial charge in [0.1, 0.15) is 6.10 Å². The molecule has 3 N–H and O–H groups in total. The highest BCUT2D eigenvalue weighted by Gasteiger charge is 2.66. The molecule has 224 valence electrons. The summed E-state index contributed by atoms with van der Waals surface area (Å²) in [6.07, 6.45) is 1.03. The number of hydrogen-bond acceptors (Lipinski definition) is 7. The molecule has 0 bridgehead atoms. The van der Waals surface area contributed by atoms with E-state index in [1.807, 2.05) is 43.3 Å². The Hall–Kier alpha value is -3.45. The number of fused-ring (bicyclic) bond motifs is 2. The molecule has 0 saturated carbocycles. The number of halogens is 1. The number of aliphatic hydroxyl groups excluding tert-OH is 2. The summed E-state index contributed by atoms with van der Waals surface area (Å²) < 4.78 is 24.5. The molecule has 1 saturated heterocycles. The summed E-state index contributed by atoms with van der Waals surface area (Å²) in [5.74, 6) is -1.11. The van der Waals surface area contributed by atoms with E-state index in [9.17, 15) is 19.8 Å². The highest BCUT2D eigenvalue weighted by Crippen LogP contribution is 2.60. The minimum absolute atomic E-state index is 0.0180. The van der Waals surface area contributed by atoms with Crippen molar-refractivity contribution in [2.45, 2.75) is 76.2 Å². The van der Waals surface area contributed by atoms with E-state index in [4.69, 9.17) is 4.74 Å². The van der Waals surface area contributed by atoms with E-state index in [-0.39, 0.29) is 19.1 Å². The molecular formula is C30H38FN5O5Si. The molecule has 2 amide bonds. The zero-order valence-electron chi connectivity index (χ0n) is 24.3. The lowest BCUT2D eigenvalue weighted by molar-refractivity contribution is -0.146. The molecule has 5 rings (SSSR count). The third-order valence-corrected chi connectivity index (χ3v) is 10.9. The average Bonchev–Trinajstić information content (AvgIpc) is 3.59. The second kappa shape index (κ2) is 11.7. The molecule has 3 heterocycles. The number of nitrogens with one attached hydrogen (secondary N) is 1. The molecular weight excluding hydrogens is 557 g/mol. The van der Waals surface area contributed by atoms with Crippen LogP contribution in [0.5, 0.6) is 0 Å². The number of aryl methyl sites for hydroxylation is 1. The Balaban J connectivity index is 1.42. The summed E-state index contributed by atoms with van der Waals surface area (Å²) in [6, 6.07) is 14.7. The van der Waals surface area contributed by atoms with Crippen LogP contribution in [-0.2, 0) is 39.4 Å². The molecule has 10 nitrogen and oxygen atoms in total. The van der Waals surface area contributed by atoms with E-state index in [1.54, 1.807) is 41.0 Å². The normalized spacial score (nSPS) is 24.3. The molecule has 12 heteroatoms. The molecule has 5 atom stereocenters. The van der Waals surface area contributed by atoms with Crippen molar-refractivity contribution < 1.29 is 28.6 Å². The highest BCUT2D eigenvalue weighted by molar-refractivity contribution is 6.72. The van der Waals surface area contributed by atoms with Crippen LogP contribution in [0.2, 0.25) is 18.6 Å². The number of anilines is 2. The van der Waals surface area contributed by atoms with Gasteiger partial charge in [0.15, 0.2) is 5.60 Å². The second-order valence-corrected chi connectivity index (χ2v) is 15.6. The van der Waals surface area contributed by atoms with Gasteiger partial charge in [0.05, 0.1) is 24.0 Å². The Kier molecular flexibility index (Phi) is 8.34. The molecule has 0 unspecified atom stereocenters. The Morgan fingerprint density at radius 1 is 1.21 bits per heavy atom. The van der Waals surface area contributed by atoms with E-state index in [1.165, 1.54) is 6.92 Å². The van der Waals surface area contributed by atoms with Crippen LogP contribution in [-0.4, -0.2) is 64.2 Å². The van der Waals surface area contributed by atoms with Gasteiger partial charge in [0.2, 0.25) is 8.41 Å². The lowest BCUT2D eigenvalue weighted by atomic mass is 9.82. The van der Waals surface area contributed by atoms with Crippen LogP contribution in [0.3, 0.4) is 0 Å². The van der Waals surface area contributed by atoms with Crippen molar-refractivity contribution in [2.24, 2.45) is 5.92 Å². The zero-order valence-corrected chi connectivity index (χ0v) is 25.3. The average molecular weight is 596 g/mol. The van der Waals surface area contributed by atoms with Crippen molar-refractivity contribution in [3.8, 4) is 0 Å². The predicted octanol–water partition coefficient (Wildman–Crippen LogP) is 3.54. The Labute approximate surface area is 245 Å². The number of amides is 2. The maximum absolute atomic E-state index is 16.0. The van der Waals surface area contributed by atoms with Crippen LogP contribution in [0, 0.1) is 5.92 Å². The number of carbonyl (C=O) groups excluding carboxylic acids is 2. The molecule has 2 aliphatic rings. The van der Waals surface area contributed by atoms with Gasteiger partial charge in [-0.15, -0.1) is 5.10 Å². The lowest BCUT2D eigenvalue weighted by Gasteiger charge is -2.31. The molecule has 2 aliphatic heterocycles. The Morgan fingerprint density at radius 2 is 1.93 bits per heavy atom. The molecule has 1 fully saturated rings. The van der Waals surface area contributed by atoms with Crippen molar-refractivity contribution in [3.63, 3.8) is 0 Å². The number of benzene rings is 2. The predicted molar refractivity (Wildman–Crippen MR) is 158 cm³/mol. The quantitative estimate of drug-likeness (QED) is 0.242. The Bertz CT molecular complexity index is 1440. The smallest absolute Gasteiger partial charge is 0.264 e. The van der Waals surface area contributed by atoms with Gasteiger partial charge >= 0.3 is 0 Å². The number of para-hydroxylation sites is 1. The Morgan fingerprint density at radius 3 is 2.60 bits per heavy atom. The maximum atomic E-state index is 16.0. The van der Waals surface area contributed by atoms with Gasteiger partial charge in [-0.25, -0.2) is 0 Å². The molecule has 3 aromatic rings. The first kappa shape index (κ1) is 30.0.